The number of nitrogens with zero attached hydrogens (tertiary/aromatic N) is 3. The van der Waals surface area contributed by atoms with Gasteiger partial charge in [-0.2, -0.15) is 0 Å². The predicted molar refractivity (Wildman–Crippen MR) is 111 cm³/mol. The van der Waals surface area contributed by atoms with Crippen molar-refractivity contribution in [3.8, 4) is 11.5 Å². The summed E-state index contributed by atoms with van der Waals surface area (Å²) in [6.45, 7) is 6.85. The number of methoxy groups -OCH3 is 2. The van der Waals surface area contributed by atoms with Crippen molar-refractivity contribution in [3.63, 3.8) is 0 Å². The first kappa shape index (κ1) is 20.9. The number of piperazine rings is 1. The summed E-state index contributed by atoms with van der Waals surface area (Å²) in [6.07, 6.45) is 0. The van der Waals surface area contributed by atoms with Gasteiger partial charge in [0.05, 0.1) is 20.8 Å². The van der Waals surface area contributed by atoms with Crippen LogP contribution in [0.1, 0.15) is 32.1 Å². The summed E-state index contributed by atoms with van der Waals surface area (Å²) in [5, 5.41) is 0. The van der Waals surface area contributed by atoms with Gasteiger partial charge in [-0.1, -0.05) is 0 Å². The van der Waals surface area contributed by atoms with E-state index in [2.05, 4.69) is 4.90 Å². The lowest BCUT2D eigenvalue weighted by molar-refractivity contribution is 0.0623. The fourth-order valence-electron chi connectivity index (χ4n) is 3.65. The van der Waals surface area contributed by atoms with Gasteiger partial charge < -0.3 is 18.9 Å². The third kappa shape index (κ3) is 4.45. The molecule has 1 aromatic carbocycles. The third-order valence-corrected chi connectivity index (χ3v) is 5.70. The van der Waals surface area contributed by atoms with Gasteiger partial charge in [-0.25, -0.2) is 0 Å². The summed E-state index contributed by atoms with van der Waals surface area (Å²) < 4.78 is 12.6. The summed E-state index contributed by atoms with van der Waals surface area (Å²) in [6, 6.07) is 7.14. The second-order valence-corrected chi connectivity index (χ2v) is 7.44. The van der Waals surface area contributed by atoms with Gasteiger partial charge in [0.15, 0.2) is 5.78 Å². The minimum atomic E-state index is -0.0531. The maximum atomic E-state index is 12.9. The Morgan fingerprint density at radius 3 is 2.00 bits per heavy atom. The lowest BCUT2D eigenvalue weighted by Gasteiger charge is -2.34. The van der Waals surface area contributed by atoms with Gasteiger partial charge in [-0.3, -0.25) is 14.5 Å². The maximum Gasteiger partial charge on any atom is 0.254 e. The fraction of sp³-hybridized carbons (Fsp3) is 0.455. The monoisotopic (exact) mass is 399 g/mol. The molecule has 0 unspecified atom stereocenters. The minimum absolute atomic E-state index is 0.0531. The molecule has 0 bridgehead atoms. The van der Waals surface area contributed by atoms with Crippen LogP contribution in [0.5, 0.6) is 11.5 Å². The normalized spacial score (nSPS) is 14.7. The van der Waals surface area contributed by atoms with E-state index in [0.717, 1.165) is 17.0 Å². The molecule has 7 nitrogen and oxygen atoms in total. The van der Waals surface area contributed by atoms with Crippen molar-refractivity contribution >= 4 is 11.7 Å². The zero-order valence-corrected chi connectivity index (χ0v) is 17.8. The average Bonchev–Trinajstić information content (AvgIpc) is 3.00. The molecule has 0 radical (unpaired) electrons. The van der Waals surface area contributed by atoms with E-state index in [1.54, 1.807) is 32.4 Å². The van der Waals surface area contributed by atoms with E-state index in [9.17, 15) is 9.59 Å². The quantitative estimate of drug-likeness (QED) is 0.698. The van der Waals surface area contributed by atoms with Crippen molar-refractivity contribution in [3.05, 3.63) is 46.8 Å². The molecule has 2 heterocycles. The molecule has 0 saturated carbocycles. The van der Waals surface area contributed by atoms with Gasteiger partial charge in [-0.15, -0.1) is 0 Å². The molecule has 29 heavy (non-hydrogen) atoms. The highest BCUT2D eigenvalue weighted by Crippen LogP contribution is 2.24. The Hall–Kier alpha value is -2.80. The topological polar surface area (TPSA) is 64.0 Å². The maximum absolute atomic E-state index is 12.9. The predicted octanol–water partition coefficient (Wildman–Crippen LogP) is 2.30. The number of aromatic nitrogens is 1. The SMILES string of the molecule is COc1cc(OC)cc(C(=O)N2CCN(CC(=O)c3cc(C)n(C)c3C)CC2)c1. The molecule has 2 aromatic rings. The number of rotatable bonds is 6. The highest BCUT2D eigenvalue weighted by molar-refractivity contribution is 5.99. The first-order chi connectivity index (χ1) is 13.8. The van der Waals surface area contributed by atoms with Crippen LogP contribution < -0.4 is 9.47 Å². The van der Waals surface area contributed by atoms with Crippen LogP contribution in [0.3, 0.4) is 0 Å². The first-order valence-electron chi connectivity index (χ1n) is 9.75. The second kappa shape index (κ2) is 8.69. The average molecular weight is 399 g/mol. The second-order valence-electron chi connectivity index (χ2n) is 7.44. The summed E-state index contributed by atoms with van der Waals surface area (Å²) in [5.41, 5.74) is 3.40. The number of carbonyl (C=O) groups excluding carboxylic acids is 2. The Morgan fingerprint density at radius 2 is 1.52 bits per heavy atom. The molecule has 0 N–H and O–H groups in total. The van der Waals surface area contributed by atoms with E-state index in [1.165, 1.54) is 0 Å². The number of ketones is 1. The molecule has 0 spiro atoms. The van der Waals surface area contributed by atoms with Gasteiger partial charge in [0.2, 0.25) is 0 Å². The number of aryl methyl sites for hydroxylation is 1. The van der Waals surface area contributed by atoms with Crippen molar-refractivity contribution in [2.45, 2.75) is 13.8 Å². The number of carbonyl (C=O) groups is 2. The van der Waals surface area contributed by atoms with Gasteiger partial charge >= 0.3 is 0 Å². The smallest absolute Gasteiger partial charge is 0.254 e. The van der Waals surface area contributed by atoms with E-state index >= 15 is 0 Å². The van der Waals surface area contributed by atoms with Crippen molar-refractivity contribution in [1.82, 2.24) is 14.4 Å². The van der Waals surface area contributed by atoms with Crippen LogP contribution in [-0.4, -0.2) is 73.0 Å². The molecule has 1 aliphatic rings. The largest absolute Gasteiger partial charge is 0.497 e. The first-order valence-corrected chi connectivity index (χ1v) is 9.75. The van der Waals surface area contributed by atoms with Crippen LogP contribution in [0.2, 0.25) is 0 Å². The Balaban J connectivity index is 1.61. The number of Topliss-reactive ketones (excluding diaryl/α,β-unsaturated/α-hetero) is 1. The summed E-state index contributed by atoms with van der Waals surface area (Å²) in [7, 11) is 5.10. The standard InChI is InChI=1S/C22H29N3O4/c1-15-10-20(16(2)23(15)3)21(26)14-24-6-8-25(9-7-24)22(27)17-11-18(28-4)13-19(12-17)29-5/h10-13H,6-9,14H2,1-5H3. The van der Waals surface area contributed by atoms with Crippen LogP contribution in [-0.2, 0) is 7.05 Å². The summed E-state index contributed by atoms with van der Waals surface area (Å²) in [5.74, 6) is 1.25. The lowest BCUT2D eigenvalue weighted by atomic mass is 10.1. The van der Waals surface area contributed by atoms with Crippen LogP contribution in [0.4, 0.5) is 0 Å². The van der Waals surface area contributed by atoms with E-state index < -0.39 is 0 Å². The number of hydrogen-bond donors (Lipinski definition) is 0. The van der Waals surface area contributed by atoms with Gasteiger partial charge in [0, 0.05) is 61.8 Å². The van der Waals surface area contributed by atoms with Crippen LogP contribution in [0, 0.1) is 13.8 Å². The zero-order chi connectivity index (χ0) is 21.1. The molecule has 1 aliphatic heterocycles. The van der Waals surface area contributed by atoms with Gasteiger partial charge in [0.25, 0.3) is 5.91 Å². The van der Waals surface area contributed by atoms with Crippen molar-refractivity contribution < 1.29 is 19.1 Å². The highest BCUT2D eigenvalue weighted by atomic mass is 16.5. The molecule has 0 aliphatic carbocycles. The third-order valence-electron chi connectivity index (χ3n) is 5.70. The Kier molecular flexibility index (Phi) is 6.27. The molecule has 7 heteroatoms. The number of amides is 1. The van der Waals surface area contributed by atoms with Crippen LogP contribution in [0.25, 0.3) is 0 Å². The van der Waals surface area contributed by atoms with Crippen LogP contribution in [0.15, 0.2) is 24.3 Å². The number of ether oxygens (including phenoxy) is 2. The molecule has 1 amide bonds. The number of hydrogen-bond acceptors (Lipinski definition) is 5. The molecule has 156 valence electrons. The van der Waals surface area contributed by atoms with Crippen molar-refractivity contribution in [2.75, 3.05) is 46.9 Å². The minimum Gasteiger partial charge on any atom is -0.497 e. The van der Waals surface area contributed by atoms with E-state index in [-0.39, 0.29) is 11.7 Å². The molecule has 1 saturated heterocycles. The fourth-order valence-corrected chi connectivity index (χ4v) is 3.65. The molecule has 1 fully saturated rings. The molecule has 1 aromatic heterocycles. The summed E-state index contributed by atoms with van der Waals surface area (Å²) in [4.78, 5) is 29.5. The molecule has 3 rings (SSSR count). The lowest BCUT2D eigenvalue weighted by Crippen LogP contribution is -2.49. The van der Waals surface area contributed by atoms with Crippen LogP contribution >= 0.6 is 0 Å². The van der Waals surface area contributed by atoms with Crippen molar-refractivity contribution in [2.24, 2.45) is 7.05 Å². The zero-order valence-electron chi connectivity index (χ0n) is 17.8. The molecular weight excluding hydrogens is 370 g/mol. The van der Waals surface area contributed by atoms with Gasteiger partial charge in [-0.05, 0) is 32.0 Å². The van der Waals surface area contributed by atoms with Crippen molar-refractivity contribution in [1.29, 1.82) is 0 Å². The highest BCUT2D eigenvalue weighted by Gasteiger charge is 2.25. The van der Waals surface area contributed by atoms with Gasteiger partial charge in [0.1, 0.15) is 11.5 Å². The molecular formula is C22H29N3O4. The van der Waals surface area contributed by atoms with E-state index in [0.29, 0.717) is 49.8 Å². The Labute approximate surface area is 171 Å². The Morgan fingerprint density at radius 1 is 0.931 bits per heavy atom. The molecule has 0 atom stereocenters. The Bertz CT molecular complexity index is 889. The number of benzene rings is 1. The summed E-state index contributed by atoms with van der Waals surface area (Å²) >= 11 is 0. The van der Waals surface area contributed by atoms with E-state index in [4.69, 9.17) is 9.47 Å². The van der Waals surface area contributed by atoms with E-state index in [1.807, 2.05) is 36.4 Å².